The summed E-state index contributed by atoms with van der Waals surface area (Å²) in [5.74, 6) is -0.212. The van der Waals surface area contributed by atoms with E-state index in [4.69, 9.17) is 11.6 Å². The van der Waals surface area contributed by atoms with E-state index < -0.39 is 11.8 Å². The molecule has 8 nitrogen and oxygen atoms in total. The van der Waals surface area contributed by atoms with Gasteiger partial charge in [0.1, 0.15) is 10.8 Å². The largest absolute Gasteiger partial charge is 0.342 e. The van der Waals surface area contributed by atoms with Gasteiger partial charge in [0.15, 0.2) is 0 Å². The first-order chi connectivity index (χ1) is 15.5. The third-order valence-corrected chi connectivity index (χ3v) is 7.37. The quantitative estimate of drug-likeness (QED) is 0.519. The lowest BCUT2D eigenvalue weighted by Crippen LogP contribution is -2.42. The minimum Gasteiger partial charge on any atom is -0.342 e. The lowest BCUT2D eigenvalue weighted by Gasteiger charge is -2.34. The maximum Gasteiger partial charge on any atom is 0.289 e. The standard InChI is InChI=1S/C22H26ClN5O3S/c23-18-7-6-16(12-24-18)19(29)26-27-20(30)17-13-32-21(25-17)14-8-10-28(11-9-14)22(31)15-4-2-1-3-5-15/h6-7,12-15H,1-5,8-11H2,(H,26,29)(H,27,30). The maximum atomic E-state index is 12.8. The van der Waals surface area contributed by atoms with Gasteiger partial charge < -0.3 is 4.90 Å². The topological polar surface area (TPSA) is 104 Å². The number of hydrazine groups is 1. The van der Waals surface area contributed by atoms with Crippen LogP contribution in [0.3, 0.4) is 0 Å². The molecule has 2 N–H and O–H groups in total. The van der Waals surface area contributed by atoms with Crippen molar-refractivity contribution in [2.75, 3.05) is 13.1 Å². The fourth-order valence-electron chi connectivity index (χ4n) is 4.29. The van der Waals surface area contributed by atoms with Gasteiger partial charge >= 0.3 is 0 Å². The lowest BCUT2D eigenvalue weighted by atomic mass is 9.87. The zero-order chi connectivity index (χ0) is 22.5. The number of aromatic nitrogens is 2. The number of hydrogen-bond acceptors (Lipinski definition) is 6. The summed E-state index contributed by atoms with van der Waals surface area (Å²) in [5, 5.41) is 2.87. The van der Waals surface area contributed by atoms with Crippen LogP contribution >= 0.6 is 22.9 Å². The molecule has 2 aromatic rings. The predicted octanol–water partition coefficient (Wildman–Crippen LogP) is 3.55. The Morgan fingerprint density at radius 3 is 2.41 bits per heavy atom. The number of rotatable bonds is 4. The number of halogens is 1. The number of piperidine rings is 1. The Bertz CT molecular complexity index is 966. The minimum absolute atomic E-state index is 0.203. The minimum atomic E-state index is -0.493. The SMILES string of the molecule is O=C(NNC(=O)c1csc(C2CCN(C(=O)C3CCCCC3)CC2)n1)c1ccc(Cl)nc1. The molecule has 2 aromatic heterocycles. The number of carbonyl (C=O) groups excluding carboxylic acids is 3. The normalized spacial score (nSPS) is 17.7. The van der Waals surface area contributed by atoms with Crippen molar-refractivity contribution in [2.24, 2.45) is 5.92 Å². The molecule has 1 aliphatic carbocycles. The van der Waals surface area contributed by atoms with Crippen LogP contribution in [0.4, 0.5) is 0 Å². The van der Waals surface area contributed by atoms with E-state index in [-0.39, 0.29) is 28.2 Å². The second-order valence-corrected chi connectivity index (χ2v) is 9.56. The first-order valence-corrected chi connectivity index (χ1v) is 12.2. The van der Waals surface area contributed by atoms with Crippen molar-refractivity contribution in [3.05, 3.63) is 45.1 Å². The number of carbonyl (C=O) groups is 3. The van der Waals surface area contributed by atoms with Crippen LogP contribution in [0.5, 0.6) is 0 Å². The van der Waals surface area contributed by atoms with Crippen LogP contribution < -0.4 is 10.9 Å². The van der Waals surface area contributed by atoms with Crippen molar-refractivity contribution in [1.82, 2.24) is 25.7 Å². The van der Waals surface area contributed by atoms with Gasteiger partial charge in [-0.3, -0.25) is 25.2 Å². The van der Waals surface area contributed by atoms with Gasteiger partial charge in [0.25, 0.3) is 11.8 Å². The monoisotopic (exact) mass is 475 g/mol. The second kappa shape index (κ2) is 10.4. The zero-order valence-electron chi connectivity index (χ0n) is 17.7. The molecule has 1 saturated carbocycles. The first-order valence-electron chi connectivity index (χ1n) is 11.0. The van der Waals surface area contributed by atoms with E-state index in [1.165, 1.54) is 36.1 Å². The van der Waals surface area contributed by atoms with Gasteiger partial charge in [-0.1, -0.05) is 30.9 Å². The van der Waals surface area contributed by atoms with Gasteiger partial charge in [-0.2, -0.15) is 0 Å². The van der Waals surface area contributed by atoms with Crippen molar-refractivity contribution in [3.63, 3.8) is 0 Å². The summed E-state index contributed by atoms with van der Waals surface area (Å²) in [4.78, 5) is 47.5. The number of likely N-dealkylation sites (tertiary alicyclic amines) is 1. The van der Waals surface area contributed by atoms with E-state index in [9.17, 15) is 14.4 Å². The summed E-state index contributed by atoms with van der Waals surface area (Å²) in [6.07, 6.45) is 8.65. The molecule has 3 amide bonds. The Labute approximate surface area is 195 Å². The van der Waals surface area contributed by atoms with E-state index >= 15 is 0 Å². The van der Waals surface area contributed by atoms with Crippen molar-refractivity contribution < 1.29 is 14.4 Å². The van der Waals surface area contributed by atoms with Gasteiger partial charge in [-0.15, -0.1) is 11.3 Å². The molecule has 1 saturated heterocycles. The molecule has 4 rings (SSSR count). The number of nitrogens with one attached hydrogen (secondary N) is 2. The van der Waals surface area contributed by atoms with E-state index in [2.05, 4.69) is 20.8 Å². The van der Waals surface area contributed by atoms with Crippen LogP contribution in [0, 0.1) is 5.92 Å². The highest BCUT2D eigenvalue weighted by Crippen LogP contribution is 2.32. The summed E-state index contributed by atoms with van der Waals surface area (Å²) in [6.45, 7) is 1.48. The van der Waals surface area contributed by atoms with Crippen molar-refractivity contribution in [1.29, 1.82) is 0 Å². The summed E-state index contributed by atoms with van der Waals surface area (Å²) in [7, 11) is 0. The highest BCUT2D eigenvalue weighted by atomic mass is 35.5. The van der Waals surface area contributed by atoms with Crippen LogP contribution in [0.15, 0.2) is 23.7 Å². The van der Waals surface area contributed by atoms with Crippen molar-refractivity contribution in [3.8, 4) is 0 Å². The zero-order valence-corrected chi connectivity index (χ0v) is 19.3. The molecule has 0 bridgehead atoms. The third-order valence-electron chi connectivity index (χ3n) is 6.14. The maximum absolute atomic E-state index is 12.8. The Morgan fingerprint density at radius 2 is 1.72 bits per heavy atom. The van der Waals surface area contributed by atoms with Gasteiger partial charge in [0.2, 0.25) is 5.91 Å². The molecule has 2 fully saturated rings. The van der Waals surface area contributed by atoms with E-state index in [1.54, 1.807) is 5.38 Å². The van der Waals surface area contributed by atoms with Crippen LogP contribution in [0.1, 0.15) is 76.7 Å². The smallest absolute Gasteiger partial charge is 0.289 e. The number of pyridine rings is 1. The molecular weight excluding hydrogens is 450 g/mol. The molecule has 0 unspecified atom stereocenters. The van der Waals surface area contributed by atoms with Gasteiger partial charge in [-0.05, 0) is 37.8 Å². The summed E-state index contributed by atoms with van der Waals surface area (Å²) in [6, 6.07) is 3.02. The molecule has 3 heterocycles. The van der Waals surface area contributed by atoms with Crippen LogP contribution in [0.2, 0.25) is 5.15 Å². The molecule has 170 valence electrons. The Hall–Kier alpha value is -2.52. The van der Waals surface area contributed by atoms with Crippen LogP contribution in [0.25, 0.3) is 0 Å². The van der Waals surface area contributed by atoms with Crippen molar-refractivity contribution >= 4 is 40.7 Å². The third kappa shape index (κ3) is 5.45. The van der Waals surface area contributed by atoms with Gasteiger partial charge in [0, 0.05) is 36.5 Å². The Balaban J connectivity index is 1.26. The highest BCUT2D eigenvalue weighted by molar-refractivity contribution is 7.09. The molecule has 0 radical (unpaired) electrons. The number of amides is 3. The van der Waals surface area contributed by atoms with Crippen molar-refractivity contribution in [2.45, 2.75) is 50.9 Å². The average molecular weight is 476 g/mol. The molecule has 1 aliphatic heterocycles. The molecule has 0 spiro atoms. The predicted molar refractivity (Wildman–Crippen MR) is 121 cm³/mol. The van der Waals surface area contributed by atoms with Gasteiger partial charge in [-0.25, -0.2) is 9.97 Å². The van der Waals surface area contributed by atoms with Crippen LogP contribution in [-0.4, -0.2) is 45.7 Å². The number of nitrogens with zero attached hydrogens (tertiary/aromatic N) is 3. The molecule has 0 aromatic carbocycles. The molecule has 2 aliphatic rings. The van der Waals surface area contributed by atoms with E-state index in [1.807, 2.05) is 4.90 Å². The molecule has 10 heteroatoms. The Morgan fingerprint density at radius 1 is 1.00 bits per heavy atom. The highest BCUT2D eigenvalue weighted by Gasteiger charge is 2.30. The average Bonchev–Trinajstić information content (AvgIpc) is 3.33. The fourth-order valence-corrected chi connectivity index (χ4v) is 5.38. The summed E-state index contributed by atoms with van der Waals surface area (Å²) in [5.41, 5.74) is 5.28. The summed E-state index contributed by atoms with van der Waals surface area (Å²) < 4.78 is 0. The van der Waals surface area contributed by atoms with Crippen LogP contribution in [-0.2, 0) is 4.79 Å². The Kier molecular flexibility index (Phi) is 7.36. The molecule has 32 heavy (non-hydrogen) atoms. The molecular formula is C22H26ClN5O3S. The molecule has 0 atom stereocenters. The lowest BCUT2D eigenvalue weighted by molar-refractivity contribution is -0.137. The second-order valence-electron chi connectivity index (χ2n) is 8.28. The first kappa shape index (κ1) is 22.7. The summed E-state index contributed by atoms with van der Waals surface area (Å²) >= 11 is 7.15. The number of hydrogen-bond donors (Lipinski definition) is 2. The van der Waals surface area contributed by atoms with Gasteiger partial charge in [0.05, 0.1) is 10.6 Å². The van der Waals surface area contributed by atoms with E-state index in [0.29, 0.717) is 5.91 Å². The van der Waals surface area contributed by atoms with E-state index in [0.717, 1.165) is 56.6 Å². The fraction of sp³-hybridized carbons (Fsp3) is 0.500. The number of thiazole rings is 1.